The summed E-state index contributed by atoms with van der Waals surface area (Å²) in [6.07, 6.45) is -0.0971. The fourth-order valence-electron chi connectivity index (χ4n) is 1.32. The molecule has 3 nitrogen and oxygen atoms in total. The molecule has 1 aromatic carbocycles. The van der Waals surface area contributed by atoms with Gasteiger partial charge in [0, 0.05) is 12.2 Å². The van der Waals surface area contributed by atoms with E-state index in [1.807, 2.05) is 19.9 Å². The van der Waals surface area contributed by atoms with Crippen LogP contribution >= 0.6 is 0 Å². The summed E-state index contributed by atoms with van der Waals surface area (Å²) in [5.41, 5.74) is 0.829. The van der Waals surface area contributed by atoms with Crippen LogP contribution in [-0.2, 0) is 16.1 Å². The first kappa shape index (κ1) is 13.6. The summed E-state index contributed by atoms with van der Waals surface area (Å²) in [6, 6.07) is 6.20. The number of halogens is 1. The number of nitrogens with zero attached hydrogens (tertiary/aromatic N) is 1. The minimum absolute atomic E-state index is 0.0971. The fourth-order valence-corrected chi connectivity index (χ4v) is 1.32. The Balaban J connectivity index is 2.54. The van der Waals surface area contributed by atoms with Crippen LogP contribution in [-0.4, -0.2) is 19.3 Å². The van der Waals surface area contributed by atoms with Gasteiger partial charge in [-0.3, -0.25) is 0 Å². The Morgan fingerprint density at radius 2 is 2.24 bits per heavy atom. The van der Waals surface area contributed by atoms with E-state index < -0.39 is 0 Å². The second kappa shape index (κ2) is 7.00. The minimum atomic E-state index is -0.354. The molecule has 0 spiro atoms. The molecule has 1 aromatic rings. The van der Waals surface area contributed by atoms with Crippen molar-refractivity contribution in [2.75, 3.05) is 13.2 Å². The van der Waals surface area contributed by atoms with Crippen molar-refractivity contribution in [1.29, 1.82) is 5.26 Å². The summed E-state index contributed by atoms with van der Waals surface area (Å²) >= 11 is 0. The van der Waals surface area contributed by atoms with E-state index in [4.69, 9.17) is 14.7 Å². The Morgan fingerprint density at radius 1 is 1.47 bits per heavy atom. The van der Waals surface area contributed by atoms with E-state index in [0.717, 1.165) is 0 Å². The number of ether oxygens (including phenoxy) is 2. The van der Waals surface area contributed by atoms with Gasteiger partial charge < -0.3 is 9.47 Å². The maximum atomic E-state index is 13.4. The molecular formula is C13H16FNO2. The molecule has 0 aromatic heterocycles. The molecule has 0 amide bonds. The van der Waals surface area contributed by atoms with Crippen molar-refractivity contribution < 1.29 is 13.9 Å². The number of nitriles is 1. The van der Waals surface area contributed by atoms with Gasteiger partial charge in [0.05, 0.1) is 31.0 Å². The van der Waals surface area contributed by atoms with Crippen LogP contribution in [0.4, 0.5) is 4.39 Å². The molecule has 0 aliphatic carbocycles. The Hall–Kier alpha value is -1.44. The molecule has 0 saturated heterocycles. The van der Waals surface area contributed by atoms with Gasteiger partial charge in [-0.2, -0.15) is 5.26 Å². The molecule has 1 atom stereocenters. The third-order valence-corrected chi connectivity index (χ3v) is 2.25. The van der Waals surface area contributed by atoms with Crippen LogP contribution in [0.5, 0.6) is 0 Å². The van der Waals surface area contributed by atoms with E-state index in [0.29, 0.717) is 24.3 Å². The van der Waals surface area contributed by atoms with Gasteiger partial charge in [0.25, 0.3) is 0 Å². The van der Waals surface area contributed by atoms with Crippen LogP contribution in [0.1, 0.15) is 25.0 Å². The number of hydrogen-bond acceptors (Lipinski definition) is 3. The Kier molecular flexibility index (Phi) is 5.61. The normalized spacial score (nSPS) is 12.1. The maximum Gasteiger partial charge on any atom is 0.128 e. The van der Waals surface area contributed by atoms with Crippen molar-refractivity contribution in [1.82, 2.24) is 0 Å². The summed E-state index contributed by atoms with van der Waals surface area (Å²) < 4.78 is 24.0. The van der Waals surface area contributed by atoms with Crippen LogP contribution in [0.3, 0.4) is 0 Å². The SMILES string of the molecule is CCOCC(C)OCc1cc(C#N)ccc1F. The summed E-state index contributed by atoms with van der Waals surface area (Å²) in [5, 5.41) is 8.71. The van der Waals surface area contributed by atoms with Gasteiger partial charge in [-0.15, -0.1) is 0 Å². The lowest BCUT2D eigenvalue weighted by Crippen LogP contribution is -2.16. The maximum absolute atomic E-state index is 13.4. The molecule has 0 radical (unpaired) electrons. The predicted octanol–water partition coefficient (Wildman–Crippen LogP) is 2.64. The zero-order valence-electron chi connectivity index (χ0n) is 10.1. The second-order valence-electron chi connectivity index (χ2n) is 3.70. The zero-order valence-corrected chi connectivity index (χ0v) is 10.1. The van der Waals surface area contributed by atoms with Crippen molar-refractivity contribution in [3.05, 3.63) is 35.1 Å². The molecule has 0 aliphatic heterocycles. The van der Waals surface area contributed by atoms with Crippen LogP contribution in [0, 0.1) is 17.1 Å². The van der Waals surface area contributed by atoms with Crippen LogP contribution in [0.2, 0.25) is 0 Å². The second-order valence-corrected chi connectivity index (χ2v) is 3.70. The topological polar surface area (TPSA) is 42.2 Å². The summed E-state index contributed by atoms with van der Waals surface area (Å²) in [6.45, 7) is 5.03. The number of benzene rings is 1. The molecule has 4 heteroatoms. The molecule has 1 unspecified atom stereocenters. The van der Waals surface area contributed by atoms with E-state index in [1.54, 1.807) is 0 Å². The van der Waals surface area contributed by atoms with E-state index in [9.17, 15) is 4.39 Å². The van der Waals surface area contributed by atoms with Gasteiger partial charge >= 0.3 is 0 Å². The summed E-state index contributed by atoms with van der Waals surface area (Å²) in [7, 11) is 0. The standard InChI is InChI=1S/C13H16FNO2/c1-3-16-8-10(2)17-9-12-6-11(7-15)4-5-13(12)14/h4-6,10H,3,8-9H2,1-2H3. The molecule has 17 heavy (non-hydrogen) atoms. The third-order valence-electron chi connectivity index (χ3n) is 2.25. The molecule has 1 rings (SSSR count). The van der Waals surface area contributed by atoms with Gasteiger partial charge in [0.15, 0.2) is 0 Å². The molecular weight excluding hydrogens is 221 g/mol. The van der Waals surface area contributed by atoms with E-state index in [-0.39, 0.29) is 18.5 Å². The lowest BCUT2D eigenvalue weighted by Gasteiger charge is -2.13. The number of rotatable bonds is 6. The van der Waals surface area contributed by atoms with Gasteiger partial charge in [-0.1, -0.05) is 0 Å². The van der Waals surface area contributed by atoms with Crippen LogP contribution in [0.15, 0.2) is 18.2 Å². The van der Waals surface area contributed by atoms with Gasteiger partial charge in [-0.05, 0) is 32.0 Å². The Labute approximate surface area is 101 Å². The monoisotopic (exact) mass is 237 g/mol. The van der Waals surface area contributed by atoms with E-state index >= 15 is 0 Å². The lowest BCUT2D eigenvalue weighted by atomic mass is 10.1. The quantitative estimate of drug-likeness (QED) is 0.763. The molecule has 0 fully saturated rings. The van der Waals surface area contributed by atoms with Crippen LogP contribution in [0.25, 0.3) is 0 Å². The largest absolute Gasteiger partial charge is 0.379 e. The van der Waals surface area contributed by atoms with Crippen molar-refractivity contribution >= 4 is 0 Å². The summed E-state index contributed by atoms with van der Waals surface area (Å²) in [4.78, 5) is 0. The highest BCUT2D eigenvalue weighted by Crippen LogP contribution is 2.12. The first-order chi connectivity index (χ1) is 8.17. The first-order valence-electron chi connectivity index (χ1n) is 5.55. The molecule has 0 N–H and O–H groups in total. The molecule has 92 valence electrons. The molecule has 0 bridgehead atoms. The zero-order chi connectivity index (χ0) is 12.7. The van der Waals surface area contributed by atoms with Gasteiger partial charge in [0.2, 0.25) is 0 Å². The third kappa shape index (κ3) is 4.51. The Bertz CT molecular complexity index is 401. The first-order valence-corrected chi connectivity index (χ1v) is 5.55. The van der Waals surface area contributed by atoms with Crippen molar-refractivity contribution in [3.8, 4) is 6.07 Å². The molecule has 0 aliphatic rings. The fraction of sp³-hybridized carbons (Fsp3) is 0.462. The highest BCUT2D eigenvalue weighted by atomic mass is 19.1. The highest BCUT2D eigenvalue weighted by molar-refractivity contribution is 5.33. The average molecular weight is 237 g/mol. The summed E-state index contributed by atoms with van der Waals surface area (Å²) in [5.74, 6) is -0.354. The van der Waals surface area contributed by atoms with Crippen LogP contribution < -0.4 is 0 Å². The average Bonchev–Trinajstić information content (AvgIpc) is 2.35. The van der Waals surface area contributed by atoms with Crippen molar-refractivity contribution in [2.45, 2.75) is 26.6 Å². The van der Waals surface area contributed by atoms with Gasteiger partial charge in [-0.25, -0.2) is 4.39 Å². The minimum Gasteiger partial charge on any atom is -0.379 e. The smallest absolute Gasteiger partial charge is 0.128 e. The lowest BCUT2D eigenvalue weighted by molar-refractivity contribution is -0.0125. The van der Waals surface area contributed by atoms with Gasteiger partial charge in [0.1, 0.15) is 5.82 Å². The highest BCUT2D eigenvalue weighted by Gasteiger charge is 2.07. The molecule has 0 saturated carbocycles. The van der Waals surface area contributed by atoms with Crippen molar-refractivity contribution in [2.24, 2.45) is 0 Å². The van der Waals surface area contributed by atoms with Crippen molar-refractivity contribution in [3.63, 3.8) is 0 Å². The molecule has 0 heterocycles. The predicted molar refractivity (Wildman–Crippen MR) is 61.9 cm³/mol. The van der Waals surface area contributed by atoms with E-state index in [2.05, 4.69) is 0 Å². The van der Waals surface area contributed by atoms with E-state index in [1.165, 1.54) is 18.2 Å². The number of hydrogen-bond donors (Lipinski definition) is 0. The Morgan fingerprint density at radius 3 is 2.88 bits per heavy atom.